The second-order valence-electron chi connectivity index (χ2n) is 5.51. The molecule has 22 heavy (non-hydrogen) atoms. The summed E-state index contributed by atoms with van der Waals surface area (Å²) in [6.45, 7) is 2.68. The predicted molar refractivity (Wildman–Crippen MR) is 77.1 cm³/mol. The highest BCUT2D eigenvalue weighted by Crippen LogP contribution is 2.22. The highest BCUT2D eigenvalue weighted by Gasteiger charge is 2.23. The van der Waals surface area contributed by atoms with Gasteiger partial charge in [0.1, 0.15) is 0 Å². The normalized spacial score (nSPS) is 18.7. The van der Waals surface area contributed by atoms with Crippen molar-refractivity contribution in [1.29, 1.82) is 0 Å². The molecule has 2 atom stereocenters. The molecule has 1 heterocycles. The van der Waals surface area contributed by atoms with E-state index in [9.17, 15) is 25.6 Å². The van der Waals surface area contributed by atoms with E-state index in [1.54, 1.807) is 4.90 Å². The van der Waals surface area contributed by atoms with Gasteiger partial charge in [-0.1, -0.05) is 12.8 Å². The molecule has 1 aliphatic heterocycles. The maximum Gasteiger partial charge on any atom is 0.254 e. The second kappa shape index (κ2) is 7.14. The van der Waals surface area contributed by atoms with Crippen LogP contribution in [0.1, 0.15) is 41.6 Å². The van der Waals surface area contributed by atoms with Crippen molar-refractivity contribution >= 4 is 17.3 Å². The van der Waals surface area contributed by atoms with Gasteiger partial charge in [0, 0.05) is 25.2 Å². The van der Waals surface area contributed by atoms with Crippen molar-refractivity contribution in [3.63, 3.8) is 0 Å². The molecule has 0 radical (unpaired) electrons. The maximum atomic E-state index is 12.6. The number of hydrogen-bond donors (Lipinski definition) is 4. The first-order valence-electron chi connectivity index (χ1n) is 7.32. The summed E-state index contributed by atoms with van der Waals surface area (Å²) in [6.07, 6.45) is 3.96. The van der Waals surface area contributed by atoms with Crippen LogP contribution in [0.4, 0.5) is 11.4 Å². The van der Waals surface area contributed by atoms with Gasteiger partial charge in [0.25, 0.3) is 5.91 Å². The van der Waals surface area contributed by atoms with E-state index in [2.05, 4.69) is 0 Å². The van der Waals surface area contributed by atoms with E-state index in [1.165, 1.54) is 19.1 Å². The number of benzene rings is 1. The predicted octanol–water partition coefficient (Wildman–Crippen LogP) is -0.182. The van der Waals surface area contributed by atoms with Gasteiger partial charge in [-0.15, -0.1) is 0 Å². The lowest BCUT2D eigenvalue weighted by molar-refractivity contribution is -0.996. The van der Waals surface area contributed by atoms with Gasteiger partial charge in [0.2, 0.25) is 0 Å². The zero-order valence-corrected chi connectivity index (χ0v) is 12.5. The molecule has 1 fully saturated rings. The van der Waals surface area contributed by atoms with E-state index in [-0.39, 0.29) is 28.4 Å². The first-order chi connectivity index (χ1) is 10.4. The third-order valence-electron chi connectivity index (χ3n) is 4.01. The third-order valence-corrected chi connectivity index (χ3v) is 4.01. The van der Waals surface area contributed by atoms with Gasteiger partial charge < -0.3 is 15.3 Å². The molecule has 8 heteroatoms. The molecule has 122 valence electrons. The summed E-state index contributed by atoms with van der Waals surface area (Å²) in [6, 6.07) is 2.55. The minimum atomic E-state index is -1.23. The summed E-state index contributed by atoms with van der Waals surface area (Å²) in [5.41, 5.74) is 0.00543. The summed E-state index contributed by atoms with van der Waals surface area (Å²) in [7, 11) is 0. The lowest BCUT2D eigenvalue weighted by atomic mass is 10.1. The molecule has 4 N–H and O–H groups in total. The average Bonchev–Trinajstić information content (AvgIpc) is 2.75. The zero-order valence-electron chi connectivity index (χ0n) is 12.5. The van der Waals surface area contributed by atoms with Crippen LogP contribution in [-0.4, -0.2) is 34.3 Å². The number of likely N-dealkylation sites (tertiary alicyclic amines) is 1. The minimum absolute atomic E-state index is 0.127. The molecule has 1 amide bonds. The average molecular weight is 311 g/mol. The fourth-order valence-corrected chi connectivity index (χ4v) is 2.74. The second-order valence-corrected chi connectivity index (χ2v) is 5.51. The van der Waals surface area contributed by atoms with Gasteiger partial charge in [-0.2, -0.15) is 10.5 Å². The highest BCUT2D eigenvalue weighted by molar-refractivity contribution is 5.96. The molecule has 1 aliphatic rings. The molecule has 0 bridgehead atoms. The summed E-state index contributed by atoms with van der Waals surface area (Å²) < 4.78 is 0. The van der Waals surface area contributed by atoms with Crippen LogP contribution in [0.25, 0.3) is 0 Å². The number of quaternary nitrogens is 2. The molecule has 8 nitrogen and oxygen atoms in total. The Hall–Kier alpha value is -1.55. The smallest absolute Gasteiger partial charge is 0.254 e. The molecule has 0 spiro atoms. The number of amides is 1. The van der Waals surface area contributed by atoms with Crippen LogP contribution in [0.15, 0.2) is 12.1 Å². The molecule has 1 aromatic rings. The van der Waals surface area contributed by atoms with Crippen molar-refractivity contribution < 1.29 is 25.7 Å². The van der Waals surface area contributed by atoms with E-state index in [1.807, 2.05) is 0 Å². The Morgan fingerprint density at radius 2 is 1.50 bits per heavy atom. The van der Waals surface area contributed by atoms with Gasteiger partial charge >= 0.3 is 0 Å². The molecular formula is C14H21N3O5. The van der Waals surface area contributed by atoms with Gasteiger partial charge in [-0.25, -0.2) is 10.4 Å². The van der Waals surface area contributed by atoms with E-state index in [0.717, 1.165) is 25.7 Å². The first kappa shape index (κ1) is 16.8. The maximum absolute atomic E-state index is 12.6. The standard InChI is InChI=1S/C14H21N3O5/c1-10-12(16(19)20)8-11(9-13(10)17(21)22)14(18)15-6-4-2-3-5-7-15/h8-9,16-17,19,21H,2-7H2,1H3. The fraction of sp³-hybridized carbons (Fsp3) is 0.500. The van der Waals surface area contributed by atoms with Crippen molar-refractivity contribution in [1.82, 2.24) is 4.90 Å². The Labute approximate surface area is 128 Å². The van der Waals surface area contributed by atoms with Crippen LogP contribution in [0.5, 0.6) is 0 Å². The van der Waals surface area contributed by atoms with Crippen LogP contribution >= 0.6 is 0 Å². The largest absolute Gasteiger partial charge is 0.595 e. The molecule has 2 rings (SSSR count). The Morgan fingerprint density at radius 1 is 1.05 bits per heavy atom. The highest BCUT2D eigenvalue weighted by atomic mass is 16.8. The summed E-state index contributed by atoms with van der Waals surface area (Å²) in [5.74, 6) is -0.299. The van der Waals surface area contributed by atoms with Crippen LogP contribution in [0, 0.1) is 17.3 Å². The van der Waals surface area contributed by atoms with Crippen molar-refractivity contribution in [3.05, 3.63) is 33.7 Å². The van der Waals surface area contributed by atoms with Crippen LogP contribution in [-0.2, 0) is 0 Å². The Bertz CT molecular complexity index is 510. The van der Waals surface area contributed by atoms with Crippen molar-refractivity contribution in [3.8, 4) is 0 Å². The van der Waals surface area contributed by atoms with E-state index >= 15 is 0 Å². The molecule has 0 saturated carbocycles. The van der Waals surface area contributed by atoms with Crippen molar-refractivity contribution in [2.24, 2.45) is 0 Å². The fourth-order valence-electron chi connectivity index (χ4n) is 2.74. The van der Waals surface area contributed by atoms with Crippen LogP contribution in [0.2, 0.25) is 0 Å². The zero-order chi connectivity index (χ0) is 16.3. The number of carbonyl (C=O) groups is 1. The molecule has 0 aliphatic carbocycles. The van der Waals surface area contributed by atoms with E-state index in [0.29, 0.717) is 13.1 Å². The van der Waals surface area contributed by atoms with Crippen molar-refractivity contribution in [2.45, 2.75) is 32.6 Å². The number of carbonyl (C=O) groups excluding carboxylic acids is 1. The number of nitrogens with zero attached hydrogens (tertiary/aromatic N) is 1. The third kappa shape index (κ3) is 3.61. The molecule has 1 saturated heterocycles. The quantitative estimate of drug-likeness (QED) is 0.578. The molecular weight excluding hydrogens is 290 g/mol. The number of nitrogens with one attached hydrogen (secondary N) is 2. The SMILES string of the molecule is Cc1c([NH+]([O-])O)cc(C(=O)N2CCCCCC2)cc1[NH+]([O-])O. The first-order valence-corrected chi connectivity index (χ1v) is 7.32. The monoisotopic (exact) mass is 311 g/mol. The Balaban J connectivity index is 2.38. The van der Waals surface area contributed by atoms with Crippen molar-refractivity contribution in [2.75, 3.05) is 13.1 Å². The summed E-state index contributed by atoms with van der Waals surface area (Å²) in [4.78, 5) is 14.2. The van der Waals surface area contributed by atoms with E-state index < -0.39 is 10.5 Å². The topological polar surface area (TPSA) is 116 Å². The van der Waals surface area contributed by atoms with Gasteiger partial charge in [-0.3, -0.25) is 4.79 Å². The molecule has 0 aromatic heterocycles. The number of hydrogen-bond acceptors (Lipinski definition) is 5. The van der Waals surface area contributed by atoms with Gasteiger partial charge in [0.15, 0.2) is 11.4 Å². The Kier molecular flexibility index (Phi) is 5.46. The molecule has 2 unspecified atom stereocenters. The van der Waals surface area contributed by atoms with Gasteiger partial charge in [-0.05, 0) is 19.8 Å². The summed E-state index contributed by atoms with van der Waals surface area (Å²) >= 11 is 0. The van der Waals surface area contributed by atoms with E-state index in [4.69, 9.17) is 0 Å². The number of rotatable bonds is 3. The summed E-state index contributed by atoms with van der Waals surface area (Å²) in [5, 5.41) is 38.5. The van der Waals surface area contributed by atoms with Crippen LogP contribution in [0.3, 0.4) is 0 Å². The van der Waals surface area contributed by atoms with Gasteiger partial charge in [0.05, 0.1) is 11.1 Å². The Morgan fingerprint density at radius 3 is 1.91 bits per heavy atom. The lowest BCUT2D eigenvalue weighted by Gasteiger charge is -2.23. The minimum Gasteiger partial charge on any atom is -0.595 e. The lowest BCUT2D eigenvalue weighted by Crippen LogP contribution is -3.01. The molecule has 1 aromatic carbocycles. The van der Waals surface area contributed by atoms with Crippen LogP contribution < -0.4 is 10.5 Å².